The lowest BCUT2D eigenvalue weighted by Crippen LogP contribution is -2.21. The van der Waals surface area contributed by atoms with Gasteiger partial charge in [-0.15, -0.1) is 0 Å². The summed E-state index contributed by atoms with van der Waals surface area (Å²) in [6.45, 7) is 0.191. The Kier molecular flexibility index (Phi) is 4.82. The minimum Gasteiger partial charge on any atom is -0.376 e. The van der Waals surface area contributed by atoms with Gasteiger partial charge in [0.15, 0.2) is 0 Å². The van der Waals surface area contributed by atoms with Gasteiger partial charge in [0.05, 0.1) is 6.54 Å². The molecule has 0 aromatic heterocycles. The van der Waals surface area contributed by atoms with Crippen molar-refractivity contribution >= 4 is 44.8 Å². The number of carbonyl (C=O) groups is 1. The van der Waals surface area contributed by atoms with Crippen LogP contribution in [-0.2, 0) is 4.79 Å². The van der Waals surface area contributed by atoms with E-state index in [0.29, 0.717) is 5.02 Å². The van der Waals surface area contributed by atoms with Crippen LogP contribution >= 0.6 is 27.5 Å². The first kappa shape index (κ1) is 13.9. The highest BCUT2D eigenvalue weighted by Gasteiger charge is 2.02. The molecule has 0 spiro atoms. The number of nitrogens with one attached hydrogen (secondary N) is 2. The summed E-state index contributed by atoms with van der Waals surface area (Å²) in [4.78, 5) is 11.7. The van der Waals surface area contributed by atoms with Gasteiger partial charge in [-0.25, -0.2) is 0 Å². The van der Waals surface area contributed by atoms with Crippen molar-refractivity contribution in [2.24, 2.45) is 0 Å². The molecule has 0 atom stereocenters. The topological polar surface area (TPSA) is 41.1 Å². The van der Waals surface area contributed by atoms with E-state index in [9.17, 15) is 4.79 Å². The summed E-state index contributed by atoms with van der Waals surface area (Å²) in [7, 11) is 0. The lowest BCUT2D eigenvalue weighted by atomic mass is 10.3. The van der Waals surface area contributed by atoms with Gasteiger partial charge in [-0.1, -0.05) is 33.6 Å². The van der Waals surface area contributed by atoms with Crippen LogP contribution in [-0.4, -0.2) is 12.5 Å². The fraction of sp³-hybridized carbons (Fsp3) is 0.0714. The van der Waals surface area contributed by atoms with Crippen LogP contribution in [0, 0.1) is 0 Å². The van der Waals surface area contributed by atoms with Crippen LogP contribution in [0.1, 0.15) is 0 Å². The summed E-state index contributed by atoms with van der Waals surface area (Å²) >= 11 is 9.20. The molecule has 0 fully saturated rings. The van der Waals surface area contributed by atoms with E-state index < -0.39 is 0 Å². The fourth-order valence-electron chi connectivity index (χ4n) is 1.52. The standard InChI is InChI=1S/C14H12BrClN2O/c15-10-4-6-12(7-5-10)18-14(19)9-17-13-3-1-2-11(16)8-13/h1-8,17H,9H2,(H,18,19). The first-order valence-electron chi connectivity index (χ1n) is 5.68. The Morgan fingerprint density at radius 2 is 1.84 bits per heavy atom. The second-order valence-electron chi connectivity index (χ2n) is 3.92. The predicted octanol–water partition coefficient (Wildman–Crippen LogP) is 4.15. The predicted molar refractivity (Wildman–Crippen MR) is 82.7 cm³/mol. The quantitative estimate of drug-likeness (QED) is 0.878. The number of anilines is 2. The molecule has 0 aliphatic carbocycles. The molecular formula is C14H12BrClN2O. The number of benzene rings is 2. The monoisotopic (exact) mass is 338 g/mol. The molecule has 0 unspecified atom stereocenters. The van der Waals surface area contributed by atoms with Crippen molar-refractivity contribution in [1.82, 2.24) is 0 Å². The second kappa shape index (κ2) is 6.59. The molecule has 0 heterocycles. The maximum Gasteiger partial charge on any atom is 0.243 e. The average Bonchev–Trinajstić information content (AvgIpc) is 2.39. The molecule has 3 nitrogen and oxygen atoms in total. The van der Waals surface area contributed by atoms with Gasteiger partial charge in [-0.05, 0) is 42.5 Å². The molecule has 0 aliphatic rings. The van der Waals surface area contributed by atoms with Gasteiger partial charge in [0.25, 0.3) is 0 Å². The second-order valence-corrected chi connectivity index (χ2v) is 5.27. The Balaban J connectivity index is 1.86. The van der Waals surface area contributed by atoms with Crippen LogP contribution in [0.5, 0.6) is 0 Å². The van der Waals surface area contributed by atoms with Crippen LogP contribution in [0.4, 0.5) is 11.4 Å². The van der Waals surface area contributed by atoms with Gasteiger partial charge in [0, 0.05) is 20.9 Å². The van der Waals surface area contributed by atoms with E-state index in [1.165, 1.54) is 0 Å². The van der Waals surface area contributed by atoms with Crippen LogP contribution in [0.25, 0.3) is 0 Å². The maximum absolute atomic E-state index is 11.7. The van der Waals surface area contributed by atoms with Crippen molar-refractivity contribution in [3.8, 4) is 0 Å². The lowest BCUT2D eigenvalue weighted by molar-refractivity contribution is -0.114. The summed E-state index contributed by atoms with van der Waals surface area (Å²) in [5.74, 6) is -0.109. The van der Waals surface area contributed by atoms with Crippen molar-refractivity contribution in [3.05, 3.63) is 58.0 Å². The van der Waals surface area contributed by atoms with E-state index >= 15 is 0 Å². The van der Waals surface area contributed by atoms with Crippen LogP contribution in [0.3, 0.4) is 0 Å². The third-order valence-corrected chi connectivity index (χ3v) is 3.17. The summed E-state index contributed by atoms with van der Waals surface area (Å²) < 4.78 is 0.975. The van der Waals surface area contributed by atoms with Gasteiger partial charge in [-0.3, -0.25) is 4.79 Å². The minimum absolute atomic E-state index is 0.109. The number of hydrogen-bond acceptors (Lipinski definition) is 2. The molecule has 0 aliphatic heterocycles. The first-order valence-corrected chi connectivity index (χ1v) is 6.85. The normalized spacial score (nSPS) is 10.0. The molecule has 19 heavy (non-hydrogen) atoms. The van der Waals surface area contributed by atoms with Crippen molar-refractivity contribution in [2.45, 2.75) is 0 Å². The lowest BCUT2D eigenvalue weighted by Gasteiger charge is -2.08. The Hall–Kier alpha value is -1.52. The molecule has 0 bridgehead atoms. The number of halogens is 2. The third kappa shape index (κ3) is 4.58. The molecule has 0 radical (unpaired) electrons. The van der Waals surface area contributed by atoms with Gasteiger partial charge in [0.1, 0.15) is 0 Å². The Morgan fingerprint density at radius 1 is 1.11 bits per heavy atom. The number of hydrogen-bond donors (Lipinski definition) is 2. The smallest absolute Gasteiger partial charge is 0.243 e. The van der Waals surface area contributed by atoms with Gasteiger partial charge >= 0.3 is 0 Å². The van der Waals surface area contributed by atoms with E-state index in [0.717, 1.165) is 15.8 Å². The highest BCUT2D eigenvalue weighted by atomic mass is 79.9. The largest absolute Gasteiger partial charge is 0.376 e. The van der Waals surface area contributed by atoms with E-state index in [1.54, 1.807) is 12.1 Å². The highest BCUT2D eigenvalue weighted by molar-refractivity contribution is 9.10. The molecule has 0 saturated carbocycles. The first-order chi connectivity index (χ1) is 9.13. The zero-order valence-corrected chi connectivity index (χ0v) is 12.3. The average molecular weight is 340 g/mol. The van der Waals surface area contributed by atoms with Crippen LogP contribution < -0.4 is 10.6 Å². The third-order valence-electron chi connectivity index (χ3n) is 2.41. The Morgan fingerprint density at radius 3 is 2.53 bits per heavy atom. The highest BCUT2D eigenvalue weighted by Crippen LogP contribution is 2.15. The molecular weight excluding hydrogens is 328 g/mol. The fourth-order valence-corrected chi connectivity index (χ4v) is 1.97. The molecule has 2 rings (SSSR count). The molecule has 2 N–H and O–H groups in total. The van der Waals surface area contributed by atoms with Crippen molar-refractivity contribution in [2.75, 3.05) is 17.2 Å². The Bertz CT molecular complexity index is 572. The van der Waals surface area contributed by atoms with Gasteiger partial charge < -0.3 is 10.6 Å². The summed E-state index contributed by atoms with van der Waals surface area (Å²) in [5, 5.41) is 6.45. The maximum atomic E-state index is 11.7. The van der Waals surface area contributed by atoms with Crippen LogP contribution in [0.15, 0.2) is 53.0 Å². The number of rotatable bonds is 4. The molecule has 0 saturated heterocycles. The van der Waals surface area contributed by atoms with E-state index in [4.69, 9.17) is 11.6 Å². The van der Waals surface area contributed by atoms with E-state index in [2.05, 4.69) is 26.6 Å². The van der Waals surface area contributed by atoms with E-state index in [1.807, 2.05) is 36.4 Å². The zero-order valence-electron chi connectivity index (χ0n) is 9.99. The molecule has 5 heteroatoms. The SMILES string of the molecule is O=C(CNc1cccc(Cl)c1)Nc1ccc(Br)cc1. The molecule has 2 aromatic carbocycles. The Labute approximate surface area is 125 Å². The summed E-state index contributed by atoms with van der Waals surface area (Å²) in [5.41, 5.74) is 1.58. The molecule has 2 aromatic rings. The van der Waals surface area contributed by atoms with Crippen molar-refractivity contribution < 1.29 is 4.79 Å². The number of carbonyl (C=O) groups excluding carboxylic acids is 1. The van der Waals surface area contributed by atoms with Crippen molar-refractivity contribution in [1.29, 1.82) is 0 Å². The molecule has 1 amide bonds. The zero-order chi connectivity index (χ0) is 13.7. The van der Waals surface area contributed by atoms with Crippen molar-refractivity contribution in [3.63, 3.8) is 0 Å². The number of amides is 1. The van der Waals surface area contributed by atoms with Gasteiger partial charge in [0.2, 0.25) is 5.91 Å². The minimum atomic E-state index is -0.109. The van der Waals surface area contributed by atoms with Gasteiger partial charge in [-0.2, -0.15) is 0 Å². The summed E-state index contributed by atoms with van der Waals surface area (Å²) in [6, 6.07) is 14.7. The van der Waals surface area contributed by atoms with Crippen LogP contribution in [0.2, 0.25) is 5.02 Å². The molecule has 98 valence electrons. The van der Waals surface area contributed by atoms with E-state index in [-0.39, 0.29) is 12.5 Å². The summed E-state index contributed by atoms with van der Waals surface area (Å²) in [6.07, 6.45) is 0.